The van der Waals surface area contributed by atoms with Gasteiger partial charge in [-0.1, -0.05) is 6.07 Å². The Morgan fingerprint density at radius 3 is 2.70 bits per heavy atom. The number of carbonyl (C=O) groups is 3. The number of likely N-dealkylation sites (tertiary alicyclic amines) is 1. The smallest absolute Gasteiger partial charge is 0.414 e. The van der Waals surface area contributed by atoms with E-state index in [0.717, 1.165) is 6.07 Å². The van der Waals surface area contributed by atoms with Gasteiger partial charge in [0.15, 0.2) is 0 Å². The van der Waals surface area contributed by atoms with Crippen molar-refractivity contribution in [3.63, 3.8) is 0 Å². The second-order valence-corrected chi connectivity index (χ2v) is 6.82. The number of piperidine rings is 1. The minimum absolute atomic E-state index is 0.0204. The van der Waals surface area contributed by atoms with E-state index in [-0.39, 0.29) is 56.2 Å². The molecule has 3 rings (SSSR count). The van der Waals surface area contributed by atoms with Crippen molar-refractivity contribution in [1.82, 2.24) is 10.2 Å². The molecule has 1 aromatic carbocycles. The molecule has 1 atom stereocenters. The number of amides is 3. The van der Waals surface area contributed by atoms with Crippen LogP contribution in [0.5, 0.6) is 0 Å². The zero-order valence-electron chi connectivity index (χ0n) is 14.9. The highest BCUT2D eigenvalue weighted by molar-refractivity contribution is 5.89. The van der Waals surface area contributed by atoms with Crippen LogP contribution in [0.25, 0.3) is 0 Å². The fraction of sp³-hybridized carbons (Fsp3) is 0.500. The Morgan fingerprint density at radius 2 is 2.11 bits per heavy atom. The maximum absolute atomic E-state index is 15.2. The van der Waals surface area contributed by atoms with Crippen molar-refractivity contribution in [3.8, 4) is 0 Å². The molecular formula is C18H21F2N3O4. The minimum atomic E-state index is -1.85. The van der Waals surface area contributed by atoms with Crippen LogP contribution in [0.3, 0.4) is 0 Å². The summed E-state index contributed by atoms with van der Waals surface area (Å²) in [7, 11) is 0. The van der Waals surface area contributed by atoms with Crippen LogP contribution in [-0.4, -0.2) is 55.6 Å². The van der Waals surface area contributed by atoms with Crippen LogP contribution < -0.4 is 10.2 Å². The third-order valence-corrected chi connectivity index (χ3v) is 4.94. The number of ether oxygens (including phenoxy) is 1. The van der Waals surface area contributed by atoms with Gasteiger partial charge in [0.25, 0.3) is 0 Å². The number of carbonyl (C=O) groups excluding carboxylic acids is 3. The van der Waals surface area contributed by atoms with Crippen molar-refractivity contribution in [1.29, 1.82) is 0 Å². The topological polar surface area (TPSA) is 79.0 Å². The molecule has 3 amide bonds. The standard InChI is InChI=1S/C18H21F2N3O4/c1-12(25)21-9-14-10-23(17(26)27-14)13-2-3-15(16(19)8-13)18(20)4-6-22(11-24)7-5-18/h2-3,8,11,14H,4-7,9-10H2,1H3,(H,21,25). The number of benzene rings is 1. The van der Waals surface area contributed by atoms with Crippen LogP contribution in [0.1, 0.15) is 25.3 Å². The van der Waals surface area contributed by atoms with E-state index in [4.69, 9.17) is 4.74 Å². The van der Waals surface area contributed by atoms with Crippen molar-refractivity contribution >= 4 is 24.1 Å². The second kappa shape index (κ2) is 7.50. The fourth-order valence-corrected chi connectivity index (χ4v) is 3.38. The number of hydrogen-bond donors (Lipinski definition) is 1. The summed E-state index contributed by atoms with van der Waals surface area (Å²) in [5, 5.41) is 2.56. The number of cyclic esters (lactones) is 1. The molecule has 0 aromatic heterocycles. The van der Waals surface area contributed by atoms with Gasteiger partial charge >= 0.3 is 6.09 Å². The van der Waals surface area contributed by atoms with Crippen LogP contribution in [0, 0.1) is 5.82 Å². The lowest BCUT2D eigenvalue weighted by Gasteiger charge is -2.35. The van der Waals surface area contributed by atoms with Gasteiger partial charge in [-0.2, -0.15) is 0 Å². The van der Waals surface area contributed by atoms with E-state index in [1.807, 2.05) is 0 Å². The number of halogens is 2. The Bertz CT molecular complexity index is 750. The molecule has 0 spiro atoms. The molecule has 27 heavy (non-hydrogen) atoms. The summed E-state index contributed by atoms with van der Waals surface area (Å²) in [6.07, 6.45) is -0.481. The van der Waals surface area contributed by atoms with Gasteiger partial charge in [0.05, 0.1) is 18.8 Å². The van der Waals surface area contributed by atoms with E-state index in [1.165, 1.54) is 28.9 Å². The monoisotopic (exact) mass is 381 g/mol. The molecule has 2 aliphatic heterocycles. The van der Waals surface area contributed by atoms with E-state index < -0.39 is 23.7 Å². The molecule has 0 aliphatic carbocycles. The highest BCUT2D eigenvalue weighted by Gasteiger charge is 2.39. The molecule has 2 aliphatic rings. The normalized spacial score (nSPS) is 21.7. The summed E-state index contributed by atoms with van der Waals surface area (Å²) in [4.78, 5) is 36.5. The highest BCUT2D eigenvalue weighted by Crippen LogP contribution is 2.39. The largest absolute Gasteiger partial charge is 0.442 e. The third-order valence-electron chi connectivity index (χ3n) is 4.94. The Labute approximate surface area is 155 Å². The molecule has 0 radical (unpaired) electrons. The van der Waals surface area contributed by atoms with Crippen LogP contribution in [0.2, 0.25) is 0 Å². The maximum atomic E-state index is 15.2. The van der Waals surface area contributed by atoms with Crippen LogP contribution in [-0.2, 0) is 20.0 Å². The van der Waals surface area contributed by atoms with E-state index in [9.17, 15) is 18.8 Å². The Morgan fingerprint density at radius 1 is 1.41 bits per heavy atom. The number of nitrogens with zero attached hydrogens (tertiary/aromatic N) is 2. The van der Waals surface area contributed by atoms with Gasteiger partial charge in [-0.15, -0.1) is 0 Å². The van der Waals surface area contributed by atoms with E-state index >= 15 is 4.39 Å². The van der Waals surface area contributed by atoms with Crippen molar-refractivity contribution < 1.29 is 27.9 Å². The second-order valence-electron chi connectivity index (χ2n) is 6.82. The van der Waals surface area contributed by atoms with Crippen molar-refractivity contribution in [2.24, 2.45) is 0 Å². The van der Waals surface area contributed by atoms with Crippen molar-refractivity contribution in [2.75, 3.05) is 31.1 Å². The Balaban J connectivity index is 1.72. The van der Waals surface area contributed by atoms with Gasteiger partial charge in [0, 0.05) is 38.4 Å². The molecule has 2 fully saturated rings. The van der Waals surface area contributed by atoms with E-state index in [2.05, 4.69) is 5.32 Å². The van der Waals surface area contributed by atoms with Gasteiger partial charge in [-0.05, 0) is 12.1 Å². The lowest BCUT2D eigenvalue weighted by molar-refractivity contribution is -0.121. The molecular weight excluding hydrogens is 360 g/mol. The van der Waals surface area contributed by atoms with Crippen LogP contribution >= 0.6 is 0 Å². The van der Waals surface area contributed by atoms with Crippen molar-refractivity contribution in [3.05, 3.63) is 29.6 Å². The lowest BCUT2D eigenvalue weighted by Crippen LogP contribution is -2.40. The quantitative estimate of drug-likeness (QED) is 0.788. The Kier molecular flexibility index (Phi) is 5.29. The summed E-state index contributed by atoms with van der Waals surface area (Å²) in [5.41, 5.74) is -1.65. The number of hydrogen-bond acceptors (Lipinski definition) is 4. The number of anilines is 1. The molecule has 2 saturated heterocycles. The molecule has 0 bridgehead atoms. The average Bonchev–Trinajstić information content (AvgIpc) is 3.01. The summed E-state index contributed by atoms with van der Waals surface area (Å²) in [6, 6.07) is 3.94. The fourth-order valence-electron chi connectivity index (χ4n) is 3.38. The molecule has 1 unspecified atom stereocenters. The first-order chi connectivity index (χ1) is 12.8. The minimum Gasteiger partial charge on any atom is -0.442 e. The van der Waals surface area contributed by atoms with Crippen molar-refractivity contribution in [2.45, 2.75) is 31.5 Å². The molecule has 1 aromatic rings. The van der Waals surface area contributed by atoms with Gasteiger partial charge in [-0.25, -0.2) is 13.6 Å². The first-order valence-electron chi connectivity index (χ1n) is 8.73. The van der Waals surface area contributed by atoms with Crippen LogP contribution in [0.15, 0.2) is 18.2 Å². The molecule has 0 saturated carbocycles. The van der Waals surface area contributed by atoms with E-state index in [1.54, 1.807) is 0 Å². The average molecular weight is 381 g/mol. The molecule has 9 heteroatoms. The first kappa shape index (κ1) is 19.1. The van der Waals surface area contributed by atoms with Crippen LogP contribution in [0.4, 0.5) is 19.3 Å². The molecule has 146 valence electrons. The van der Waals surface area contributed by atoms with Gasteiger partial charge in [-0.3, -0.25) is 14.5 Å². The summed E-state index contributed by atoms with van der Waals surface area (Å²) in [5.74, 6) is -0.985. The lowest BCUT2D eigenvalue weighted by atomic mass is 9.86. The Hall–Kier alpha value is -2.71. The summed E-state index contributed by atoms with van der Waals surface area (Å²) in [6.45, 7) is 2.13. The highest BCUT2D eigenvalue weighted by atomic mass is 19.1. The molecule has 7 nitrogen and oxygen atoms in total. The van der Waals surface area contributed by atoms with Gasteiger partial charge in [0.2, 0.25) is 12.3 Å². The zero-order valence-corrected chi connectivity index (χ0v) is 14.9. The van der Waals surface area contributed by atoms with Gasteiger partial charge < -0.3 is 15.0 Å². The third kappa shape index (κ3) is 4.01. The number of alkyl halides is 1. The van der Waals surface area contributed by atoms with Gasteiger partial charge in [0.1, 0.15) is 17.6 Å². The zero-order chi connectivity index (χ0) is 19.6. The first-order valence-corrected chi connectivity index (χ1v) is 8.73. The number of nitrogens with one attached hydrogen (secondary N) is 1. The maximum Gasteiger partial charge on any atom is 0.414 e. The predicted octanol–water partition coefficient (Wildman–Crippen LogP) is 1.70. The summed E-state index contributed by atoms with van der Waals surface area (Å²) < 4.78 is 34.9. The summed E-state index contributed by atoms with van der Waals surface area (Å²) >= 11 is 0. The molecule has 2 heterocycles. The number of rotatable bonds is 5. The molecule has 1 N–H and O–H groups in total. The van der Waals surface area contributed by atoms with E-state index in [0.29, 0.717) is 6.41 Å². The SMILES string of the molecule is CC(=O)NCC1CN(c2ccc(C3(F)CCN(C=O)CC3)c(F)c2)C(=O)O1. The predicted molar refractivity (Wildman–Crippen MR) is 92.4 cm³/mol.